The minimum atomic E-state index is 0.431. The van der Waals surface area contributed by atoms with E-state index < -0.39 is 0 Å². The van der Waals surface area contributed by atoms with E-state index in [4.69, 9.17) is 4.99 Å². The summed E-state index contributed by atoms with van der Waals surface area (Å²) in [6.45, 7) is 12.7. The number of nitrogens with zero attached hydrogens (tertiary/aromatic N) is 5. The van der Waals surface area contributed by atoms with Crippen LogP contribution in [0.15, 0.2) is 48.0 Å². The van der Waals surface area contributed by atoms with Crippen molar-refractivity contribution in [1.82, 2.24) is 24.7 Å². The third kappa shape index (κ3) is 4.69. The van der Waals surface area contributed by atoms with Gasteiger partial charge in [0.1, 0.15) is 0 Å². The van der Waals surface area contributed by atoms with Gasteiger partial charge in [0.15, 0.2) is 5.96 Å². The Balaban J connectivity index is 1.41. The molecule has 1 aromatic heterocycles. The maximum atomic E-state index is 5.07. The molecule has 0 bridgehead atoms. The number of likely N-dealkylation sites (tertiary alicyclic amines) is 1. The van der Waals surface area contributed by atoms with E-state index in [9.17, 15) is 0 Å². The normalized spacial score (nSPS) is 23.8. The second-order valence-corrected chi connectivity index (χ2v) is 8.82. The van der Waals surface area contributed by atoms with E-state index in [0.29, 0.717) is 18.0 Å². The summed E-state index contributed by atoms with van der Waals surface area (Å²) in [5.41, 5.74) is 2.98. The molecule has 0 radical (unpaired) electrons. The topological polar surface area (TPSA) is 48.7 Å². The van der Waals surface area contributed by atoms with Gasteiger partial charge >= 0.3 is 0 Å². The summed E-state index contributed by atoms with van der Waals surface area (Å²) in [7, 11) is 0. The fourth-order valence-electron chi connectivity index (χ4n) is 4.75. The van der Waals surface area contributed by atoms with Crippen molar-refractivity contribution in [2.75, 3.05) is 32.7 Å². The molecule has 0 amide bonds. The zero-order valence-electron chi connectivity index (χ0n) is 18.7. The molecule has 1 fully saturated rings. The van der Waals surface area contributed by atoms with Crippen LogP contribution in [0.25, 0.3) is 0 Å². The Labute approximate surface area is 181 Å². The third-order valence-electron chi connectivity index (χ3n) is 6.75. The van der Waals surface area contributed by atoms with Gasteiger partial charge in [0.05, 0.1) is 18.9 Å². The van der Waals surface area contributed by atoms with Crippen LogP contribution in [0.1, 0.15) is 44.4 Å². The number of piperidine rings is 1. The van der Waals surface area contributed by atoms with Gasteiger partial charge in [-0.15, -0.1) is 0 Å². The van der Waals surface area contributed by atoms with Crippen molar-refractivity contribution < 1.29 is 0 Å². The molecule has 0 saturated carbocycles. The molecule has 3 atom stereocenters. The van der Waals surface area contributed by atoms with Crippen LogP contribution in [0.4, 0.5) is 0 Å². The van der Waals surface area contributed by atoms with Gasteiger partial charge in [0.2, 0.25) is 0 Å². The number of hydrogen-bond donors (Lipinski definition) is 1. The highest BCUT2D eigenvalue weighted by molar-refractivity contribution is 5.80. The van der Waals surface area contributed by atoms with E-state index in [-0.39, 0.29) is 0 Å². The molecular formula is C24H36N6. The summed E-state index contributed by atoms with van der Waals surface area (Å²) in [6.07, 6.45) is 8.23. The van der Waals surface area contributed by atoms with Crippen LogP contribution in [0.3, 0.4) is 0 Å². The molecule has 2 aliphatic heterocycles. The van der Waals surface area contributed by atoms with Crippen LogP contribution < -0.4 is 5.32 Å². The van der Waals surface area contributed by atoms with Crippen molar-refractivity contribution in [2.45, 2.75) is 52.2 Å². The molecule has 4 rings (SSSR count). The minimum Gasteiger partial charge on any atom is -0.357 e. The van der Waals surface area contributed by atoms with E-state index >= 15 is 0 Å². The monoisotopic (exact) mass is 408 g/mol. The largest absolute Gasteiger partial charge is 0.357 e. The Bertz CT molecular complexity index is 830. The van der Waals surface area contributed by atoms with Crippen LogP contribution in [-0.2, 0) is 13.0 Å². The molecule has 162 valence electrons. The Morgan fingerprint density at radius 1 is 1.27 bits per heavy atom. The summed E-state index contributed by atoms with van der Waals surface area (Å²) in [4.78, 5) is 14.3. The molecule has 2 aromatic rings. The summed E-state index contributed by atoms with van der Waals surface area (Å²) in [5, 5.41) is 3.54. The van der Waals surface area contributed by atoms with E-state index in [1.54, 1.807) is 0 Å². The Kier molecular flexibility index (Phi) is 6.72. The van der Waals surface area contributed by atoms with Gasteiger partial charge in [0, 0.05) is 51.2 Å². The number of rotatable bonds is 5. The van der Waals surface area contributed by atoms with Gasteiger partial charge in [-0.2, -0.15) is 0 Å². The van der Waals surface area contributed by atoms with Crippen molar-refractivity contribution in [2.24, 2.45) is 10.9 Å². The standard InChI is InChI=1S/C24H36N6/c1-4-26-24(29-12-9-19(2)23(17-29)30-14-11-25-18-30)27-15-20(3)28-13-10-21-7-5-6-8-22(21)16-28/h5-8,11,14,18-20,23H,4,9-10,12-13,15-17H2,1-3H3,(H,26,27). The molecule has 0 spiro atoms. The first-order valence-corrected chi connectivity index (χ1v) is 11.5. The number of benzene rings is 1. The molecule has 1 saturated heterocycles. The summed E-state index contributed by atoms with van der Waals surface area (Å²) < 4.78 is 2.26. The van der Waals surface area contributed by atoms with E-state index in [2.05, 4.69) is 75.9 Å². The fraction of sp³-hybridized carbons (Fsp3) is 0.583. The average molecular weight is 409 g/mol. The van der Waals surface area contributed by atoms with Gasteiger partial charge in [-0.3, -0.25) is 9.89 Å². The quantitative estimate of drug-likeness (QED) is 0.610. The summed E-state index contributed by atoms with van der Waals surface area (Å²) in [6, 6.07) is 9.73. The second-order valence-electron chi connectivity index (χ2n) is 8.82. The Hall–Kier alpha value is -2.34. The summed E-state index contributed by atoms with van der Waals surface area (Å²) >= 11 is 0. The van der Waals surface area contributed by atoms with Crippen LogP contribution in [-0.4, -0.2) is 64.1 Å². The number of aliphatic imine (C=N–C) groups is 1. The number of fused-ring (bicyclic) bond motifs is 1. The van der Waals surface area contributed by atoms with E-state index in [1.165, 1.54) is 17.5 Å². The number of guanidine groups is 1. The van der Waals surface area contributed by atoms with Gasteiger partial charge in [0.25, 0.3) is 0 Å². The predicted octanol–water partition coefficient (Wildman–Crippen LogP) is 3.18. The van der Waals surface area contributed by atoms with Gasteiger partial charge < -0.3 is 14.8 Å². The number of hydrogen-bond acceptors (Lipinski definition) is 3. The molecule has 1 N–H and O–H groups in total. The lowest BCUT2D eigenvalue weighted by atomic mass is 9.93. The van der Waals surface area contributed by atoms with Gasteiger partial charge in [-0.25, -0.2) is 4.98 Å². The van der Waals surface area contributed by atoms with Gasteiger partial charge in [-0.05, 0) is 43.7 Å². The van der Waals surface area contributed by atoms with Crippen molar-refractivity contribution in [3.63, 3.8) is 0 Å². The number of aromatic nitrogens is 2. The molecule has 0 aliphatic carbocycles. The maximum Gasteiger partial charge on any atom is 0.194 e. The predicted molar refractivity (Wildman–Crippen MR) is 123 cm³/mol. The van der Waals surface area contributed by atoms with Crippen molar-refractivity contribution >= 4 is 5.96 Å². The SMILES string of the molecule is CCNC(=NCC(C)N1CCc2ccccc2C1)N1CCC(C)C(n2ccnc2)C1. The molecule has 2 aliphatic rings. The molecule has 6 nitrogen and oxygen atoms in total. The molecular weight excluding hydrogens is 372 g/mol. The van der Waals surface area contributed by atoms with Crippen LogP contribution in [0, 0.1) is 5.92 Å². The van der Waals surface area contributed by atoms with Crippen molar-refractivity contribution in [3.05, 3.63) is 54.1 Å². The minimum absolute atomic E-state index is 0.431. The van der Waals surface area contributed by atoms with Crippen LogP contribution in [0.5, 0.6) is 0 Å². The fourth-order valence-corrected chi connectivity index (χ4v) is 4.75. The highest BCUT2D eigenvalue weighted by Crippen LogP contribution is 2.27. The second kappa shape index (κ2) is 9.65. The highest BCUT2D eigenvalue weighted by Gasteiger charge is 2.29. The first-order valence-electron chi connectivity index (χ1n) is 11.5. The smallest absolute Gasteiger partial charge is 0.194 e. The van der Waals surface area contributed by atoms with Crippen molar-refractivity contribution in [1.29, 1.82) is 0 Å². The zero-order chi connectivity index (χ0) is 20.9. The van der Waals surface area contributed by atoms with Crippen LogP contribution in [0.2, 0.25) is 0 Å². The molecule has 3 unspecified atom stereocenters. The molecule has 1 aromatic carbocycles. The van der Waals surface area contributed by atoms with Gasteiger partial charge in [-0.1, -0.05) is 31.2 Å². The molecule has 3 heterocycles. The average Bonchev–Trinajstić information content (AvgIpc) is 3.31. The lowest BCUT2D eigenvalue weighted by molar-refractivity contribution is 0.184. The van der Waals surface area contributed by atoms with Crippen molar-refractivity contribution in [3.8, 4) is 0 Å². The summed E-state index contributed by atoms with van der Waals surface area (Å²) in [5.74, 6) is 1.70. The van der Waals surface area contributed by atoms with E-state index in [1.807, 2.05) is 12.5 Å². The first-order chi connectivity index (χ1) is 14.7. The Morgan fingerprint density at radius 2 is 2.10 bits per heavy atom. The lowest BCUT2D eigenvalue weighted by Gasteiger charge is -2.39. The third-order valence-corrected chi connectivity index (χ3v) is 6.75. The number of imidazole rings is 1. The first kappa shape index (κ1) is 20.9. The lowest BCUT2D eigenvalue weighted by Crippen LogP contribution is -2.49. The molecule has 6 heteroatoms. The Morgan fingerprint density at radius 3 is 2.87 bits per heavy atom. The number of nitrogens with one attached hydrogen (secondary N) is 1. The zero-order valence-corrected chi connectivity index (χ0v) is 18.7. The highest BCUT2D eigenvalue weighted by atomic mass is 15.3. The molecule has 30 heavy (non-hydrogen) atoms. The van der Waals surface area contributed by atoms with E-state index in [0.717, 1.165) is 51.6 Å². The van der Waals surface area contributed by atoms with Crippen LogP contribution >= 0.6 is 0 Å². The maximum absolute atomic E-state index is 5.07.